The van der Waals surface area contributed by atoms with Crippen molar-refractivity contribution in [3.8, 4) is 5.75 Å². The maximum absolute atomic E-state index is 11.9. The molecule has 0 radical (unpaired) electrons. The minimum absolute atomic E-state index is 0.0425. The molecule has 1 unspecified atom stereocenters. The number of amides is 1. The molecule has 18 heavy (non-hydrogen) atoms. The van der Waals surface area contributed by atoms with Crippen LogP contribution in [-0.4, -0.2) is 18.6 Å². The summed E-state index contributed by atoms with van der Waals surface area (Å²) in [6.45, 7) is -0.924. The third-order valence-electron chi connectivity index (χ3n) is 2.28. The number of hydrogen-bond donors (Lipinski definition) is 2. The Balaban J connectivity index is 2.55. The number of ether oxygens (including phenoxy) is 1. The highest BCUT2D eigenvalue weighted by Crippen LogP contribution is 2.17. The zero-order chi connectivity index (χ0) is 13.5. The van der Waals surface area contributed by atoms with Gasteiger partial charge in [0.15, 0.2) is 0 Å². The SMILES string of the molecule is CCCC(N)C(=O)Nc1ccc(OC(F)F)cc1. The van der Waals surface area contributed by atoms with E-state index < -0.39 is 12.7 Å². The van der Waals surface area contributed by atoms with Crippen LogP contribution in [0.5, 0.6) is 5.75 Å². The van der Waals surface area contributed by atoms with Crippen LogP contribution < -0.4 is 15.8 Å². The molecule has 0 saturated heterocycles. The van der Waals surface area contributed by atoms with Crippen LogP contribution >= 0.6 is 0 Å². The van der Waals surface area contributed by atoms with E-state index in [0.29, 0.717) is 12.1 Å². The first kappa shape index (κ1) is 14.4. The van der Waals surface area contributed by atoms with E-state index in [-0.39, 0.29) is 11.7 Å². The van der Waals surface area contributed by atoms with Gasteiger partial charge in [-0.1, -0.05) is 13.3 Å². The summed E-state index contributed by atoms with van der Waals surface area (Å²) in [5.74, 6) is -0.250. The Labute approximate surface area is 104 Å². The maximum Gasteiger partial charge on any atom is 0.387 e. The van der Waals surface area contributed by atoms with Gasteiger partial charge in [-0.25, -0.2) is 0 Å². The van der Waals surface area contributed by atoms with Crippen LogP contribution in [0.4, 0.5) is 14.5 Å². The smallest absolute Gasteiger partial charge is 0.387 e. The number of carbonyl (C=O) groups is 1. The van der Waals surface area contributed by atoms with Crippen LogP contribution in [0.3, 0.4) is 0 Å². The van der Waals surface area contributed by atoms with Crippen molar-refractivity contribution >= 4 is 11.6 Å². The fourth-order valence-electron chi connectivity index (χ4n) is 1.40. The van der Waals surface area contributed by atoms with E-state index in [4.69, 9.17) is 5.73 Å². The van der Waals surface area contributed by atoms with E-state index in [1.807, 2.05) is 6.92 Å². The van der Waals surface area contributed by atoms with E-state index in [2.05, 4.69) is 10.1 Å². The molecule has 0 spiro atoms. The molecule has 3 N–H and O–H groups in total. The predicted molar refractivity (Wildman–Crippen MR) is 64.6 cm³/mol. The molecule has 0 aromatic heterocycles. The first-order chi connectivity index (χ1) is 8.52. The molecule has 0 fully saturated rings. The molecule has 1 amide bonds. The van der Waals surface area contributed by atoms with E-state index >= 15 is 0 Å². The van der Waals surface area contributed by atoms with Crippen LogP contribution in [0.2, 0.25) is 0 Å². The van der Waals surface area contributed by atoms with Crippen molar-refractivity contribution < 1.29 is 18.3 Å². The maximum atomic E-state index is 11.9. The highest BCUT2D eigenvalue weighted by atomic mass is 19.3. The van der Waals surface area contributed by atoms with Crippen LogP contribution in [0.25, 0.3) is 0 Å². The summed E-state index contributed by atoms with van der Waals surface area (Å²) in [5, 5.41) is 2.60. The van der Waals surface area contributed by atoms with Gasteiger partial charge in [0.25, 0.3) is 0 Å². The molecule has 1 aromatic carbocycles. The van der Waals surface area contributed by atoms with Gasteiger partial charge in [-0.3, -0.25) is 4.79 Å². The van der Waals surface area contributed by atoms with Crippen molar-refractivity contribution in [1.82, 2.24) is 0 Å². The Hall–Kier alpha value is -1.69. The van der Waals surface area contributed by atoms with Crippen molar-refractivity contribution in [3.63, 3.8) is 0 Å². The molecule has 0 saturated carbocycles. The number of rotatable bonds is 6. The number of nitrogens with two attached hydrogens (primary N) is 1. The topological polar surface area (TPSA) is 64.4 Å². The Morgan fingerprint density at radius 2 is 2.00 bits per heavy atom. The van der Waals surface area contributed by atoms with Gasteiger partial charge < -0.3 is 15.8 Å². The zero-order valence-corrected chi connectivity index (χ0v) is 10.0. The van der Waals surface area contributed by atoms with Crippen molar-refractivity contribution in [2.24, 2.45) is 5.73 Å². The Bertz CT molecular complexity index is 382. The average Bonchev–Trinajstić information content (AvgIpc) is 2.31. The lowest BCUT2D eigenvalue weighted by Crippen LogP contribution is -2.35. The lowest BCUT2D eigenvalue weighted by atomic mass is 10.1. The molecule has 0 bridgehead atoms. The molecule has 100 valence electrons. The summed E-state index contributed by atoms with van der Waals surface area (Å²) in [5.41, 5.74) is 6.13. The standard InChI is InChI=1S/C12H16F2N2O2/c1-2-3-10(15)11(17)16-8-4-6-9(7-5-8)18-12(13)14/h4-7,10,12H,2-3,15H2,1H3,(H,16,17). The van der Waals surface area contributed by atoms with Crippen molar-refractivity contribution in [3.05, 3.63) is 24.3 Å². The molecule has 4 nitrogen and oxygen atoms in total. The zero-order valence-electron chi connectivity index (χ0n) is 10.0. The largest absolute Gasteiger partial charge is 0.435 e. The van der Waals surface area contributed by atoms with E-state index in [9.17, 15) is 13.6 Å². The number of halogens is 2. The van der Waals surface area contributed by atoms with E-state index in [0.717, 1.165) is 6.42 Å². The minimum Gasteiger partial charge on any atom is -0.435 e. The number of carbonyl (C=O) groups excluding carboxylic acids is 1. The molecule has 0 aliphatic carbocycles. The quantitative estimate of drug-likeness (QED) is 0.823. The number of anilines is 1. The molecular formula is C12H16F2N2O2. The second kappa shape index (κ2) is 6.90. The second-order valence-electron chi connectivity index (χ2n) is 3.79. The number of benzene rings is 1. The van der Waals surface area contributed by atoms with Crippen LogP contribution in [0.15, 0.2) is 24.3 Å². The Morgan fingerprint density at radius 1 is 1.39 bits per heavy atom. The molecule has 0 aliphatic heterocycles. The van der Waals surface area contributed by atoms with Gasteiger partial charge in [0.2, 0.25) is 5.91 Å². The highest BCUT2D eigenvalue weighted by Gasteiger charge is 2.12. The Kier molecular flexibility index (Phi) is 5.51. The summed E-state index contributed by atoms with van der Waals surface area (Å²) in [6, 6.07) is 5.11. The number of alkyl halides is 2. The van der Waals surface area contributed by atoms with Crippen LogP contribution in [0, 0.1) is 0 Å². The van der Waals surface area contributed by atoms with Crippen molar-refractivity contribution in [2.75, 3.05) is 5.32 Å². The van der Waals surface area contributed by atoms with Crippen LogP contribution in [0.1, 0.15) is 19.8 Å². The molecule has 1 atom stereocenters. The Morgan fingerprint density at radius 3 is 2.50 bits per heavy atom. The number of nitrogens with one attached hydrogen (secondary N) is 1. The monoisotopic (exact) mass is 258 g/mol. The summed E-state index contributed by atoms with van der Waals surface area (Å²) in [4.78, 5) is 11.6. The normalized spacial score (nSPS) is 12.3. The highest BCUT2D eigenvalue weighted by molar-refractivity contribution is 5.94. The number of hydrogen-bond acceptors (Lipinski definition) is 3. The summed E-state index contributed by atoms with van der Waals surface area (Å²) >= 11 is 0. The van der Waals surface area contributed by atoms with E-state index in [1.165, 1.54) is 24.3 Å². The minimum atomic E-state index is -2.86. The van der Waals surface area contributed by atoms with Gasteiger partial charge in [-0.05, 0) is 30.7 Å². The van der Waals surface area contributed by atoms with Gasteiger partial charge in [-0.2, -0.15) is 8.78 Å². The first-order valence-corrected chi connectivity index (χ1v) is 5.64. The lowest BCUT2D eigenvalue weighted by molar-refractivity contribution is -0.117. The lowest BCUT2D eigenvalue weighted by Gasteiger charge is -2.11. The van der Waals surface area contributed by atoms with Gasteiger partial charge in [0.05, 0.1) is 6.04 Å². The molecule has 0 aliphatic rings. The van der Waals surface area contributed by atoms with Gasteiger partial charge in [-0.15, -0.1) is 0 Å². The van der Waals surface area contributed by atoms with Gasteiger partial charge in [0, 0.05) is 5.69 Å². The van der Waals surface area contributed by atoms with E-state index in [1.54, 1.807) is 0 Å². The fourth-order valence-corrected chi connectivity index (χ4v) is 1.40. The summed E-state index contributed by atoms with van der Waals surface area (Å²) < 4.78 is 28.0. The molecular weight excluding hydrogens is 242 g/mol. The van der Waals surface area contributed by atoms with Crippen LogP contribution in [-0.2, 0) is 4.79 Å². The van der Waals surface area contributed by atoms with Crippen molar-refractivity contribution in [2.45, 2.75) is 32.4 Å². The van der Waals surface area contributed by atoms with Gasteiger partial charge in [0.1, 0.15) is 5.75 Å². The van der Waals surface area contributed by atoms with Crippen molar-refractivity contribution in [1.29, 1.82) is 0 Å². The molecule has 0 heterocycles. The molecule has 1 rings (SSSR count). The summed E-state index contributed by atoms with van der Waals surface area (Å²) in [7, 11) is 0. The first-order valence-electron chi connectivity index (χ1n) is 5.64. The molecule has 1 aromatic rings. The second-order valence-corrected chi connectivity index (χ2v) is 3.79. The fraction of sp³-hybridized carbons (Fsp3) is 0.417. The molecule has 6 heteroatoms. The third kappa shape index (κ3) is 4.67. The predicted octanol–water partition coefficient (Wildman–Crippen LogP) is 2.35. The third-order valence-corrected chi connectivity index (χ3v) is 2.28. The summed E-state index contributed by atoms with van der Waals surface area (Å²) in [6.07, 6.45) is 1.41. The van der Waals surface area contributed by atoms with Gasteiger partial charge >= 0.3 is 6.61 Å². The average molecular weight is 258 g/mol.